The van der Waals surface area contributed by atoms with E-state index in [-0.39, 0.29) is 18.0 Å². The average molecular weight is 537 g/mol. The van der Waals surface area contributed by atoms with E-state index in [1.807, 2.05) is 28.9 Å². The van der Waals surface area contributed by atoms with Gasteiger partial charge in [0, 0.05) is 37.1 Å². The molecule has 6 N–H and O–H groups in total. The quantitative estimate of drug-likeness (QED) is 0.264. The molecule has 1 aromatic heterocycles. The molecule has 2 heterocycles. The number of aliphatic hydroxyl groups excluding tert-OH is 2. The molecule has 1 aromatic carbocycles. The van der Waals surface area contributed by atoms with Crippen molar-refractivity contribution in [2.45, 2.75) is 64.8 Å². The van der Waals surface area contributed by atoms with Crippen LogP contribution in [0.4, 0.5) is 0 Å². The summed E-state index contributed by atoms with van der Waals surface area (Å²) in [4.78, 5) is 45.9. The molecule has 0 bridgehead atoms. The van der Waals surface area contributed by atoms with Gasteiger partial charge in [0.1, 0.15) is 0 Å². The Hall–Kier alpha value is -3.55. The number of hydrogen-bond donors (Lipinski definition) is 6. The third kappa shape index (κ3) is 7.73. The van der Waals surface area contributed by atoms with Gasteiger partial charge < -0.3 is 35.7 Å². The van der Waals surface area contributed by atoms with Crippen LogP contribution in [-0.4, -0.2) is 102 Å². The fourth-order valence-corrected chi connectivity index (χ4v) is 4.04. The third-order valence-corrected chi connectivity index (χ3v) is 6.24. The largest absolute Gasteiger partial charge is 0.481 e. The van der Waals surface area contributed by atoms with Crippen LogP contribution < -0.4 is 5.32 Å². The van der Waals surface area contributed by atoms with Gasteiger partial charge in [-0.05, 0) is 46.6 Å². The van der Waals surface area contributed by atoms with Crippen LogP contribution in [0.15, 0.2) is 24.3 Å². The number of hydrogen-bond acceptors (Lipinski definition) is 8. The Kier molecular flexibility index (Phi) is 10.3. The number of aliphatic hydroxyl groups is 2. The molecule has 13 heteroatoms. The van der Waals surface area contributed by atoms with Gasteiger partial charge in [-0.15, -0.1) is 0 Å². The van der Waals surface area contributed by atoms with E-state index in [0.717, 1.165) is 36.8 Å². The minimum absolute atomic E-state index is 0.0830. The first-order valence-corrected chi connectivity index (χ1v) is 12.2. The summed E-state index contributed by atoms with van der Waals surface area (Å²) in [5, 5.41) is 50.4. The minimum atomic E-state index is -2.27. The molecule has 13 nitrogen and oxygen atoms in total. The van der Waals surface area contributed by atoms with Crippen LogP contribution >= 0.6 is 0 Å². The number of nitrogens with zero attached hydrogens (tertiary/aromatic N) is 3. The van der Waals surface area contributed by atoms with Gasteiger partial charge >= 0.3 is 17.9 Å². The lowest BCUT2D eigenvalue weighted by Gasteiger charge is -2.35. The van der Waals surface area contributed by atoms with Crippen molar-refractivity contribution >= 4 is 34.7 Å². The molecule has 2 atom stereocenters. The third-order valence-electron chi connectivity index (χ3n) is 6.24. The summed E-state index contributed by atoms with van der Waals surface area (Å²) in [7, 11) is 0. The number of carbonyl (C=O) groups is 4. The molecule has 2 unspecified atom stereocenters. The van der Waals surface area contributed by atoms with Crippen LogP contribution in [0.2, 0.25) is 0 Å². The molecule has 1 saturated heterocycles. The number of amides is 1. The van der Waals surface area contributed by atoms with Gasteiger partial charge in [-0.2, -0.15) is 5.10 Å². The van der Waals surface area contributed by atoms with E-state index in [1.165, 1.54) is 0 Å². The molecule has 210 valence electrons. The van der Waals surface area contributed by atoms with Crippen molar-refractivity contribution in [1.29, 1.82) is 0 Å². The topological polar surface area (TPSA) is 203 Å². The normalized spacial score (nSPS) is 16.4. The summed E-state index contributed by atoms with van der Waals surface area (Å²) in [5.41, 5.74) is 0.672. The first-order valence-electron chi connectivity index (χ1n) is 12.2. The zero-order chi connectivity index (χ0) is 28.8. The zero-order valence-electron chi connectivity index (χ0n) is 21.9. The Morgan fingerprint density at radius 2 is 1.53 bits per heavy atom. The maximum atomic E-state index is 12.9. The first kappa shape index (κ1) is 30.7. The van der Waals surface area contributed by atoms with Gasteiger partial charge in [0.05, 0.1) is 10.9 Å². The van der Waals surface area contributed by atoms with Crippen LogP contribution in [0.3, 0.4) is 0 Å². The second kappa shape index (κ2) is 12.8. The van der Waals surface area contributed by atoms with E-state index in [4.69, 9.17) is 20.4 Å². The van der Waals surface area contributed by atoms with Crippen molar-refractivity contribution in [1.82, 2.24) is 20.0 Å². The van der Waals surface area contributed by atoms with Gasteiger partial charge in [-0.1, -0.05) is 18.2 Å². The van der Waals surface area contributed by atoms with Crippen molar-refractivity contribution in [2.75, 3.05) is 19.6 Å². The lowest BCUT2D eigenvalue weighted by Crippen LogP contribution is -2.48. The summed E-state index contributed by atoms with van der Waals surface area (Å²) in [6.45, 7) is 9.68. The molecule has 1 amide bonds. The highest BCUT2D eigenvalue weighted by molar-refractivity contribution is 6.05. The number of carboxylic acid groups (broad SMARTS) is 3. The molecular formula is C25H36N4O9. The zero-order valence-corrected chi connectivity index (χ0v) is 21.9. The number of carbonyl (C=O) groups excluding carboxylic acids is 1. The molecule has 0 spiro atoms. The summed E-state index contributed by atoms with van der Waals surface area (Å²) < 4.78 is 1.89. The summed E-state index contributed by atoms with van der Waals surface area (Å²) in [6, 6.07) is 8.06. The van der Waals surface area contributed by atoms with Crippen molar-refractivity contribution in [3.8, 4) is 0 Å². The Labute approximate surface area is 219 Å². The van der Waals surface area contributed by atoms with Gasteiger partial charge in [0.15, 0.2) is 17.9 Å². The number of aromatic nitrogens is 2. The number of carboxylic acids is 3. The number of benzene rings is 1. The van der Waals surface area contributed by atoms with Crippen molar-refractivity contribution in [3.05, 3.63) is 30.0 Å². The molecule has 1 aliphatic rings. The highest BCUT2D eigenvalue weighted by Gasteiger charge is 2.32. The molecule has 0 aliphatic carbocycles. The highest BCUT2D eigenvalue weighted by atomic mass is 16.4. The number of likely N-dealkylation sites (tertiary alicyclic amines) is 1. The van der Waals surface area contributed by atoms with Crippen molar-refractivity contribution in [3.63, 3.8) is 0 Å². The Morgan fingerprint density at radius 3 is 2.00 bits per heavy atom. The van der Waals surface area contributed by atoms with Crippen LogP contribution in [0.25, 0.3) is 10.9 Å². The number of piperidine rings is 1. The molecular weight excluding hydrogens is 500 g/mol. The monoisotopic (exact) mass is 536 g/mol. The lowest BCUT2D eigenvalue weighted by atomic mass is 9.91. The van der Waals surface area contributed by atoms with Crippen molar-refractivity contribution < 1.29 is 44.7 Å². The fourth-order valence-electron chi connectivity index (χ4n) is 4.04. The van der Waals surface area contributed by atoms with E-state index in [1.54, 1.807) is 13.8 Å². The molecule has 2 aromatic rings. The maximum Gasteiger partial charge on any atom is 0.335 e. The Morgan fingerprint density at radius 1 is 1.00 bits per heavy atom. The number of para-hydroxylation sites is 1. The van der Waals surface area contributed by atoms with Crippen LogP contribution in [-0.2, 0) is 14.4 Å². The Balaban J connectivity index is 0.000000432. The highest BCUT2D eigenvalue weighted by Crippen LogP contribution is 2.23. The van der Waals surface area contributed by atoms with E-state index in [9.17, 15) is 24.3 Å². The van der Waals surface area contributed by atoms with Gasteiger partial charge in [0.2, 0.25) is 0 Å². The predicted molar refractivity (Wildman–Crippen MR) is 136 cm³/mol. The standard InChI is InChI=1S/C21H30N4O3.C4H6O6/c1-14(2)25-17-8-6-5-7-16(17)18(23-25)19(26)22-15-9-11-24(12-10-15)13-21(3,4)20(27)28;5-1(3(7)8)2(6)4(9)10/h5-8,14-15H,9-13H2,1-4H3,(H,22,26)(H,27,28);1-2,5-6H,(H,7,8)(H,9,10). The second-order valence-corrected chi connectivity index (χ2v) is 10.2. The van der Waals surface area contributed by atoms with E-state index in [2.05, 4.69) is 29.2 Å². The summed E-state index contributed by atoms with van der Waals surface area (Å²) in [6.07, 6.45) is -2.91. The minimum Gasteiger partial charge on any atom is -0.481 e. The smallest absolute Gasteiger partial charge is 0.335 e. The van der Waals surface area contributed by atoms with Crippen LogP contribution in [0.5, 0.6) is 0 Å². The SMILES string of the molecule is CC(C)n1nc(C(=O)NC2CCN(CC(C)(C)C(=O)O)CC2)c2ccccc21.O=C(O)C(O)C(O)C(=O)O. The molecule has 0 saturated carbocycles. The van der Waals surface area contributed by atoms with E-state index < -0.39 is 35.5 Å². The number of fused-ring (bicyclic) bond motifs is 1. The second-order valence-electron chi connectivity index (χ2n) is 10.2. The molecule has 38 heavy (non-hydrogen) atoms. The molecule has 1 aliphatic heterocycles. The fraction of sp³-hybridized carbons (Fsp3) is 0.560. The Bertz CT molecular complexity index is 1130. The summed E-state index contributed by atoms with van der Waals surface area (Å²) >= 11 is 0. The van der Waals surface area contributed by atoms with Crippen LogP contribution in [0, 0.1) is 5.41 Å². The van der Waals surface area contributed by atoms with E-state index in [0.29, 0.717) is 12.2 Å². The van der Waals surface area contributed by atoms with Gasteiger partial charge in [-0.3, -0.25) is 14.3 Å². The van der Waals surface area contributed by atoms with Gasteiger partial charge in [0.25, 0.3) is 5.91 Å². The molecule has 1 fully saturated rings. The predicted octanol–water partition coefficient (Wildman–Crippen LogP) is 0.800. The number of nitrogens with one attached hydrogen (secondary N) is 1. The summed E-state index contributed by atoms with van der Waals surface area (Å²) in [5.74, 6) is -4.46. The van der Waals surface area contributed by atoms with Gasteiger partial charge in [-0.25, -0.2) is 9.59 Å². The molecule has 0 radical (unpaired) electrons. The van der Waals surface area contributed by atoms with Crippen LogP contribution in [0.1, 0.15) is 57.1 Å². The average Bonchev–Trinajstić information content (AvgIpc) is 3.24. The van der Waals surface area contributed by atoms with Crippen molar-refractivity contribution in [2.24, 2.45) is 5.41 Å². The maximum absolute atomic E-state index is 12.9. The molecule has 3 rings (SSSR count). The van der Waals surface area contributed by atoms with E-state index >= 15 is 0 Å². The first-order chi connectivity index (χ1) is 17.7. The number of aliphatic carboxylic acids is 3. The number of rotatable bonds is 9. The lowest BCUT2D eigenvalue weighted by molar-refractivity contribution is -0.165.